The normalized spacial score (nSPS) is 10.2. The minimum atomic E-state index is -0.461. The second-order valence-electron chi connectivity index (χ2n) is 4.91. The Kier molecular flexibility index (Phi) is 5.54. The van der Waals surface area contributed by atoms with Crippen molar-refractivity contribution in [3.05, 3.63) is 63.2 Å². The van der Waals surface area contributed by atoms with Crippen LogP contribution in [0.4, 0.5) is 17.1 Å². The van der Waals surface area contributed by atoms with Gasteiger partial charge >= 0.3 is 0 Å². The first kappa shape index (κ1) is 16.8. The molecule has 0 aliphatic rings. The smallest absolute Gasteiger partial charge is 0.292 e. The zero-order chi connectivity index (χ0) is 16.8. The first-order valence-corrected chi connectivity index (χ1v) is 7.39. The monoisotopic (exact) mass is 333 g/mol. The van der Waals surface area contributed by atoms with Gasteiger partial charge in [-0.3, -0.25) is 14.9 Å². The van der Waals surface area contributed by atoms with Gasteiger partial charge in [0, 0.05) is 29.7 Å². The average molecular weight is 334 g/mol. The summed E-state index contributed by atoms with van der Waals surface area (Å²) in [6, 6.07) is 11.6. The van der Waals surface area contributed by atoms with Crippen molar-refractivity contribution < 1.29 is 9.72 Å². The van der Waals surface area contributed by atoms with Crippen molar-refractivity contribution in [1.82, 2.24) is 0 Å². The molecule has 1 amide bonds. The van der Waals surface area contributed by atoms with E-state index >= 15 is 0 Å². The van der Waals surface area contributed by atoms with Crippen molar-refractivity contribution in [1.29, 1.82) is 0 Å². The topological polar surface area (TPSA) is 84.3 Å². The van der Waals surface area contributed by atoms with Gasteiger partial charge in [-0.1, -0.05) is 29.8 Å². The molecule has 7 heteroatoms. The maximum Gasteiger partial charge on any atom is 0.292 e. The Bertz CT molecular complexity index is 734. The van der Waals surface area contributed by atoms with E-state index in [1.165, 1.54) is 6.07 Å². The van der Waals surface area contributed by atoms with Crippen LogP contribution in [-0.4, -0.2) is 17.4 Å². The fraction of sp³-hybridized carbons (Fsp3) is 0.188. The number of para-hydroxylation sites is 2. The lowest BCUT2D eigenvalue weighted by Crippen LogP contribution is -2.17. The number of nitrogens with one attached hydrogen (secondary N) is 2. The average Bonchev–Trinajstić information content (AvgIpc) is 2.52. The van der Waals surface area contributed by atoms with Gasteiger partial charge in [0.15, 0.2) is 0 Å². The van der Waals surface area contributed by atoms with Crippen molar-refractivity contribution in [2.45, 2.75) is 13.3 Å². The molecular weight excluding hydrogens is 318 g/mol. The minimum Gasteiger partial charge on any atom is -0.379 e. The van der Waals surface area contributed by atoms with Crippen LogP contribution in [0.5, 0.6) is 0 Å². The van der Waals surface area contributed by atoms with Crippen molar-refractivity contribution in [2.75, 3.05) is 17.2 Å². The molecule has 0 atom stereocenters. The van der Waals surface area contributed by atoms with E-state index < -0.39 is 4.92 Å². The lowest BCUT2D eigenvalue weighted by atomic mass is 10.2. The summed E-state index contributed by atoms with van der Waals surface area (Å²) in [7, 11) is 0. The third-order valence-corrected chi connectivity index (χ3v) is 3.72. The van der Waals surface area contributed by atoms with Gasteiger partial charge in [0.2, 0.25) is 5.91 Å². The molecule has 6 nitrogen and oxygen atoms in total. The van der Waals surface area contributed by atoms with Crippen LogP contribution in [0.25, 0.3) is 0 Å². The molecule has 0 bridgehead atoms. The number of hydrogen-bond acceptors (Lipinski definition) is 4. The van der Waals surface area contributed by atoms with Gasteiger partial charge in [-0.15, -0.1) is 0 Å². The standard InChI is InChI=1S/C16H16ClN3O3/c1-11-12(17)5-4-7-13(11)19-16(21)9-10-18-14-6-2-3-8-15(14)20(22)23/h2-8,18H,9-10H2,1H3,(H,19,21). The quantitative estimate of drug-likeness (QED) is 0.618. The van der Waals surface area contributed by atoms with E-state index in [1.807, 2.05) is 6.92 Å². The maximum atomic E-state index is 12.0. The van der Waals surface area contributed by atoms with Crippen molar-refractivity contribution in [2.24, 2.45) is 0 Å². The molecule has 0 saturated heterocycles. The Labute approximate surface area is 138 Å². The van der Waals surface area contributed by atoms with Crippen LogP contribution in [0.2, 0.25) is 5.02 Å². The number of benzene rings is 2. The summed E-state index contributed by atoms with van der Waals surface area (Å²) in [5, 5.41) is 17.2. The van der Waals surface area contributed by atoms with Gasteiger partial charge in [0.05, 0.1) is 4.92 Å². The second-order valence-corrected chi connectivity index (χ2v) is 5.32. The first-order valence-electron chi connectivity index (χ1n) is 7.01. The number of carbonyl (C=O) groups is 1. The van der Waals surface area contributed by atoms with Crippen LogP contribution in [0.1, 0.15) is 12.0 Å². The summed E-state index contributed by atoms with van der Waals surface area (Å²) in [5.74, 6) is -0.193. The highest BCUT2D eigenvalue weighted by molar-refractivity contribution is 6.31. The summed E-state index contributed by atoms with van der Waals surface area (Å²) in [6.07, 6.45) is 0.179. The predicted octanol–water partition coefficient (Wildman–Crippen LogP) is 4.00. The largest absolute Gasteiger partial charge is 0.379 e. The Hall–Kier alpha value is -2.60. The number of nitrogens with zero attached hydrogens (tertiary/aromatic N) is 1. The molecule has 2 rings (SSSR count). The number of anilines is 2. The van der Waals surface area contributed by atoms with Crippen LogP contribution in [-0.2, 0) is 4.79 Å². The number of nitro benzene ring substituents is 1. The van der Waals surface area contributed by atoms with E-state index in [0.29, 0.717) is 16.4 Å². The van der Waals surface area contributed by atoms with Gasteiger partial charge in [-0.25, -0.2) is 0 Å². The van der Waals surface area contributed by atoms with Crippen LogP contribution in [0, 0.1) is 17.0 Å². The van der Waals surface area contributed by atoms with E-state index in [9.17, 15) is 14.9 Å². The molecule has 2 N–H and O–H groups in total. The predicted molar refractivity (Wildman–Crippen MR) is 91.0 cm³/mol. The number of halogens is 1. The molecule has 0 heterocycles. The van der Waals surface area contributed by atoms with E-state index in [2.05, 4.69) is 10.6 Å². The molecule has 0 aromatic heterocycles. The van der Waals surface area contributed by atoms with Crippen LogP contribution < -0.4 is 10.6 Å². The maximum absolute atomic E-state index is 12.0. The molecule has 0 fully saturated rings. The molecule has 0 spiro atoms. The molecule has 2 aromatic rings. The Morgan fingerprint density at radius 2 is 1.87 bits per heavy atom. The van der Waals surface area contributed by atoms with Crippen molar-refractivity contribution in [3.63, 3.8) is 0 Å². The molecule has 2 aromatic carbocycles. The molecule has 0 radical (unpaired) electrons. The SMILES string of the molecule is Cc1c(Cl)cccc1NC(=O)CCNc1ccccc1[N+](=O)[O-]. The highest BCUT2D eigenvalue weighted by atomic mass is 35.5. The molecule has 23 heavy (non-hydrogen) atoms. The van der Waals surface area contributed by atoms with Crippen molar-refractivity contribution >= 4 is 34.6 Å². The fourth-order valence-electron chi connectivity index (χ4n) is 2.05. The highest BCUT2D eigenvalue weighted by Gasteiger charge is 2.12. The van der Waals surface area contributed by atoms with Gasteiger partial charge < -0.3 is 10.6 Å². The lowest BCUT2D eigenvalue weighted by molar-refractivity contribution is -0.384. The molecule has 0 aliphatic carbocycles. The van der Waals surface area contributed by atoms with Gasteiger partial charge in [-0.05, 0) is 30.7 Å². The van der Waals surface area contributed by atoms with Gasteiger partial charge in [0.25, 0.3) is 5.69 Å². The molecule has 120 valence electrons. The van der Waals surface area contributed by atoms with Crippen LogP contribution in [0.3, 0.4) is 0 Å². The summed E-state index contributed by atoms with van der Waals surface area (Å²) < 4.78 is 0. The summed E-state index contributed by atoms with van der Waals surface area (Å²) in [4.78, 5) is 22.4. The third-order valence-electron chi connectivity index (χ3n) is 3.31. The number of carbonyl (C=O) groups excluding carboxylic acids is 1. The summed E-state index contributed by atoms with van der Waals surface area (Å²) in [6.45, 7) is 2.11. The van der Waals surface area contributed by atoms with E-state index in [0.717, 1.165) is 5.56 Å². The molecular formula is C16H16ClN3O3. The first-order chi connectivity index (χ1) is 11.0. The fourth-order valence-corrected chi connectivity index (χ4v) is 2.22. The molecule has 0 saturated carbocycles. The number of amides is 1. The van der Waals surface area contributed by atoms with Gasteiger partial charge in [0.1, 0.15) is 5.69 Å². The minimum absolute atomic E-state index is 0.0152. The van der Waals surface area contributed by atoms with Crippen molar-refractivity contribution in [3.8, 4) is 0 Å². The van der Waals surface area contributed by atoms with Crippen LogP contribution in [0.15, 0.2) is 42.5 Å². The second kappa shape index (κ2) is 7.60. The zero-order valence-electron chi connectivity index (χ0n) is 12.5. The van der Waals surface area contributed by atoms with E-state index in [1.54, 1.807) is 36.4 Å². The lowest BCUT2D eigenvalue weighted by Gasteiger charge is -2.10. The summed E-state index contributed by atoms with van der Waals surface area (Å²) >= 11 is 6.00. The number of hydrogen-bond donors (Lipinski definition) is 2. The third kappa shape index (κ3) is 4.43. The van der Waals surface area contributed by atoms with Gasteiger partial charge in [-0.2, -0.15) is 0 Å². The highest BCUT2D eigenvalue weighted by Crippen LogP contribution is 2.24. The number of nitro groups is 1. The number of rotatable bonds is 6. The molecule has 0 unspecified atom stereocenters. The summed E-state index contributed by atoms with van der Waals surface area (Å²) in [5.41, 5.74) is 1.84. The Morgan fingerprint density at radius 1 is 1.17 bits per heavy atom. The van der Waals surface area contributed by atoms with Crippen LogP contribution >= 0.6 is 11.6 Å². The Morgan fingerprint density at radius 3 is 2.61 bits per heavy atom. The Balaban J connectivity index is 1.91. The van der Waals surface area contributed by atoms with E-state index in [4.69, 9.17) is 11.6 Å². The zero-order valence-corrected chi connectivity index (χ0v) is 13.3. The molecule has 0 aliphatic heterocycles. The van der Waals surface area contributed by atoms with E-state index in [-0.39, 0.29) is 24.6 Å².